The first-order valence-electron chi connectivity index (χ1n) is 4.10. The summed E-state index contributed by atoms with van der Waals surface area (Å²) in [6.45, 7) is 9.48. The van der Waals surface area contributed by atoms with E-state index in [9.17, 15) is 9.59 Å². The summed E-state index contributed by atoms with van der Waals surface area (Å²) in [7, 11) is 0. The second kappa shape index (κ2) is 5.96. The van der Waals surface area contributed by atoms with Crippen LogP contribution >= 0.6 is 0 Å². The van der Waals surface area contributed by atoms with E-state index in [0.717, 1.165) is 0 Å². The van der Waals surface area contributed by atoms with Gasteiger partial charge in [-0.3, -0.25) is 9.59 Å². The Labute approximate surface area is 83.2 Å². The van der Waals surface area contributed by atoms with E-state index in [1.165, 1.54) is 26.0 Å². The average molecular weight is 198 g/mol. The van der Waals surface area contributed by atoms with Crippen molar-refractivity contribution in [3.05, 3.63) is 25.3 Å². The standard InChI is InChI=1S/C10H14O4/c1-5-9(13-7(3)11)10(6-2)14-8(4)12/h5-6,9-10H,1-2H2,3-4H3. The molecule has 78 valence electrons. The highest BCUT2D eigenvalue weighted by atomic mass is 16.6. The third kappa shape index (κ3) is 4.45. The van der Waals surface area contributed by atoms with Crippen LogP contribution in [0.1, 0.15) is 13.8 Å². The van der Waals surface area contributed by atoms with Crippen molar-refractivity contribution in [2.75, 3.05) is 0 Å². The van der Waals surface area contributed by atoms with Crippen LogP contribution in [0.5, 0.6) is 0 Å². The smallest absolute Gasteiger partial charge is 0.303 e. The van der Waals surface area contributed by atoms with Crippen LogP contribution in [0.15, 0.2) is 25.3 Å². The number of rotatable bonds is 5. The molecule has 14 heavy (non-hydrogen) atoms. The largest absolute Gasteiger partial charge is 0.454 e. The van der Waals surface area contributed by atoms with Crippen LogP contribution in [0.2, 0.25) is 0 Å². The van der Waals surface area contributed by atoms with Crippen molar-refractivity contribution in [1.29, 1.82) is 0 Å². The van der Waals surface area contributed by atoms with E-state index in [-0.39, 0.29) is 0 Å². The Morgan fingerprint density at radius 1 is 1.00 bits per heavy atom. The molecule has 2 atom stereocenters. The summed E-state index contributed by atoms with van der Waals surface area (Å²) in [5, 5.41) is 0. The lowest BCUT2D eigenvalue weighted by molar-refractivity contribution is -0.158. The second-order valence-electron chi connectivity index (χ2n) is 2.62. The van der Waals surface area contributed by atoms with Gasteiger partial charge >= 0.3 is 11.9 Å². The van der Waals surface area contributed by atoms with E-state index >= 15 is 0 Å². The zero-order valence-electron chi connectivity index (χ0n) is 8.36. The Morgan fingerprint density at radius 3 is 1.43 bits per heavy atom. The summed E-state index contributed by atoms with van der Waals surface area (Å²) in [6.07, 6.45) is 1.40. The number of esters is 2. The molecule has 0 aromatic rings. The highest BCUT2D eigenvalue weighted by Crippen LogP contribution is 2.07. The van der Waals surface area contributed by atoms with Gasteiger partial charge in [-0.2, -0.15) is 0 Å². The van der Waals surface area contributed by atoms with E-state index in [0.29, 0.717) is 0 Å². The molecule has 0 aliphatic rings. The minimum absolute atomic E-state index is 0.464. The summed E-state index contributed by atoms with van der Waals surface area (Å²) in [6, 6.07) is 0. The fourth-order valence-corrected chi connectivity index (χ4v) is 0.882. The number of hydrogen-bond donors (Lipinski definition) is 0. The maximum Gasteiger partial charge on any atom is 0.303 e. The molecule has 0 radical (unpaired) electrons. The summed E-state index contributed by atoms with van der Waals surface area (Å²) >= 11 is 0. The molecule has 0 saturated heterocycles. The van der Waals surface area contributed by atoms with Crippen LogP contribution in [-0.4, -0.2) is 24.1 Å². The Morgan fingerprint density at radius 2 is 1.29 bits per heavy atom. The van der Waals surface area contributed by atoms with Crippen molar-refractivity contribution < 1.29 is 19.1 Å². The lowest BCUT2D eigenvalue weighted by Gasteiger charge is -2.20. The lowest BCUT2D eigenvalue weighted by atomic mass is 10.2. The monoisotopic (exact) mass is 198 g/mol. The number of ether oxygens (including phenoxy) is 2. The SMILES string of the molecule is C=CC(OC(C)=O)C(C=C)OC(C)=O. The van der Waals surface area contributed by atoms with Gasteiger partial charge in [0.25, 0.3) is 0 Å². The quantitative estimate of drug-likeness (QED) is 0.492. The predicted molar refractivity (Wildman–Crippen MR) is 51.5 cm³/mol. The van der Waals surface area contributed by atoms with Crippen molar-refractivity contribution in [3.63, 3.8) is 0 Å². The topological polar surface area (TPSA) is 52.6 Å². The molecule has 0 aromatic carbocycles. The molecule has 0 aliphatic carbocycles. The molecule has 0 aliphatic heterocycles. The van der Waals surface area contributed by atoms with Gasteiger partial charge in [-0.05, 0) is 12.2 Å². The summed E-state index contributed by atoms with van der Waals surface area (Å²) in [5.74, 6) is -0.928. The fourth-order valence-electron chi connectivity index (χ4n) is 0.882. The van der Waals surface area contributed by atoms with E-state index in [4.69, 9.17) is 9.47 Å². The minimum Gasteiger partial charge on any atom is -0.454 e. The fraction of sp³-hybridized carbons (Fsp3) is 0.400. The molecule has 0 spiro atoms. The van der Waals surface area contributed by atoms with Crippen LogP contribution in [-0.2, 0) is 19.1 Å². The Balaban J connectivity index is 4.43. The van der Waals surface area contributed by atoms with Crippen molar-refractivity contribution >= 4 is 11.9 Å². The molecule has 2 unspecified atom stereocenters. The third-order valence-corrected chi connectivity index (χ3v) is 1.39. The molecule has 0 saturated carbocycles. The molecular weight excluding hydrogens is 184 g/mol. The summed E-state index contributed by atoms with van der Waals surface area (Å²) in [5.41, 5.74) is 0. The van der Waals surface area contributed by atoms with Crippen LogP contribution in [0.3, 0.4) is 0 Å². The van der Waals surface area contributed by atoms with Crippen molar-refractivity contribution in [2.24, 2.45) is 0 Å². The third-order valence-electron chi connectivity index (χ3n) is 1.39. The van der Waals surface area contributed by atoms with Gasteiger partial charge < -0.3 is 9.47 Å². The molecule has 0 fully saturated rings. The van der Waals surface area contributed by atoms with Gasteiger partial charge in [-0.1, -0.05) is 13.2 Å². The maximum atomic E-state index is 10.7. The van der Waals surface area contributed by atoms with Gasteiger partial charge in [-0.15, -0.1) is 0 Å². The number of carbonyl (C=O) groups excluding carboxylic acids is 2. The van der Waals surface area contributed by atoms with E-state index in [2.05, 4.69) is 13.2 Å². The van der Waals surface area contributed by atoms with Gasteiger partial charge in [0.2, 0.25) is 0 Å². The summed E-state index contributed by atoms with van der Waals surface area (Å²) in [4.78, 5) is 21.3. The number of carbonyl (C=O) groups is 2. The minimum atomic E-state index is -0.686. The van der Waals surface area contributed by atoms with Crippen molar-refractivity contribution in [2.45, 2.75) is 26.1 Å². The van der Waals surface area contributed by atoms with Crippen LogP contribution < -0.4 is 0 Å². The average Bonchev–Trinajstić information content (AvgIpc) is 2.10. The molecule has 4 heteroatoms. The van der Waals surface area contributed by atoms with Gasteiger partial charge in [0.1, 0.15) is 0 Å². The molecule has 0 N–H and O–H groups in total. The predicted octanol–water partition coefficient (Wildman–Crippen LogP) is 1.22. The zero-order chi connectivity index (χ0) is 11.1. The van der Waals surface area contributed by atoms with Gasteiger partial charge in [0.05, 0.1) is 0 Å². The van der Waals surface area contributed by atoms with Crippen LogP contribution in [0, 0.1) is 0 Å². The van der Waals surface area contributed by atoms with Gasteiger partial charge in [0, 0.05) is 13.8 Å². The Bertz CT molecular complexity index is 219. The summed E-state index contributed by atoms with van der Waals surface area (Å²) < 4.78 is 9.70. The molecule has 0 rings (SSSR count). The van der Waals surface area contributed by atoms with E-state index in [1.54, 1.807) is 0 Å². The molecule has 0 bridgehead atoms. The van der Waals surface area contributed by atoms with Crippen LogP contribution in [0.4, 0.5) is 0 Å². The molecular formula is C10H14O4. The van der Waals surface area contributed by atoms with E-state index < -0.39 is 24.1 Å². The van der Waals surface area contributed by atoms with Crippen molar-refractivity contribution in [1.82, 2.24) is 0 Å². The maximum absolute atomic E-state index is 10.7. The van der Waals surface area contributed by atoms with E-state index in [1.807, 2.05) is 0 Å². The normalized spacial score (nSPS) is 13.6. The highest BCUT2D eigenvalue weighted by molar-refractivity contribution is 5.67. The first kappa shape index (κ1) is 12.4. The first-order valence-corrected chi connectivity index (χ1v) is 4.10. The lowest BCUT2D eigenvalue weighted by Crippen LogP contribution is -2.31. The zero-order valence-corrected chi connectivity index (χ0v) is 8.36. The number of hydrogen-bond acceptors (Lipinski definition) is 4. The molecule has 4 nitrogen and oxygen atoms in total. The molecule has 0 aromatic heterocycles. The van der Waals surface area contributed by atoms with Gasteiger partial charge in [-0.25, -0.2) is 0 Å². The second-order valence-corrected chi connectivity index (χ2v) is 2.62. The Hall–Kier alpha value is -1.58. The first-order chi connectivity index (χ1) is 6.51. The molecule has 0 heterocycles. The Kier molecular flexibility index (Phi) is 5.29. The van der Waals surface area contributed by atoms with Gasteiger partial charge in [0.15, 0.2) is 12.2 Å². The van der Waals surface area contributed by atoms with Crippen molar-refractivity contribution in [3.8, 4) is 0 Å². The highest BCUT2D eigenvalue weighted by Gasteiger charge is 2.20. The molecule has 0 amide bonds. The van der Waals surface area contributed by atoms with Crippen LogP contribution in [0.25, 0.3) is 0 Å².